The largest absolute Gasteiger partial charge is 0.481 e. The van der Waals surface area contributed by atoms with Gasteiger partial charge in [0.2, 0.25) is 5.91 Å². The van der Waals surface area contributed by atoms with Crippen LogP contribution in [-0.4, -0.2) is 46.7 Å². The van der Waals surface area contributed by atoms with Crippen LogP contribution >= 0.6 is 0 Å². The van der Waals surface area contributed by atoms with Gasteiger partial charge in [0.05, 0.1) is 0 Å². The molecule has 0 radical (unpaired) electrons. The first kappa shape index (κ1) is 23.9. The Balaban J connectivity index is 2.67. The van der Waals surface area contributed by atoms with E-state index in [0.29, 0.717) is 0 Å². The number of amides is 2. The molecule has 9 heteroatoms. The Labute approximate surface area is 169 Å². The summed E-state index contributed by atoms with van der Waals surface area (Å²) >= 11 is 0. The number of carbonyl (C=O) groups excluding carboxylic acids is 3. The van der Waals surface area contributed by atoms with Crippen LogP contribution in [0.4, 0.5) is 4.79 Å². The van der Waals surface area contributed by atoms with E-state index in [0.717, 1.165) is 5.56 Å². The number of rotatable bonds is 9. The van der Waals surface area contributed by atoms with Crippen molar-refractivity contribution in [3.8, 4) is 0 Å². The number of aliphatic carboxylic acids is 1. The highest BCUT2D eigenvalue weighted by Crippen LogP contribution is 2.08. The zero-order chi connectivity index (χ0) is 22.0. The lowest BCUT2D eigenvalue weighted by Crippen LogP contribution is -2.51. The lowest BCUT2D eigenvalue weighted by atomic mass is 10.1. The molecule has 1 rings (SSSR count). The third-order valence-corrected chi connectivity index (χ3v) is 3.60. The van der Waals surface area contributed by atoms with Crippen molar-refractivity contribution >= 4 is 23.9 Å². The molecule has 0 aliphatic carbocycles. The van der Waals surface area contributed by atoms with Gasteiger partial charge in [0.1, 0.15) is 24.3 Å². The standard InChI is InChI=1S/C20H28N2O7/c1-13(21-19(27)29-20(2,3)4)17(25)22-15(10-11-16(23)24)18(26)28-12-14-8-6-5-7-9-14/h5-9,13,15H,10-12H2,1-4H3,(H,21,27)(H,22,25)(H,23,24). The van der Waals surface area contributed by atoms with Gasteiger partial charge in [-0.05, 0) is 39.7 Å². The maximum Gasteiger partial charge on any atom is 0.408 e. The highest BCUT2D eigenvalue weighted by molar-refractivity contribution is 5.89. The zero-order valence-corrected chi connectivity index (χ0v) is 17.1. The second-order valence-corrected chi connectivity index (χ2v) is 7.45. The molecular formula is C20H28N2O7. The summed E-state index contributed by atoms with van der Waals surface area (Å²) in [5.41, 5.74) is 0.0232. The molecule has 0 bridgehead atoms. The minimum atomic E-state index is -1.16. The number of benzene rings is 1. The average Bonchev–Trinajstić information content (AvgIpc) is 2.61. The third-order valence-electron chi connectivity index (χ3n) is 3.60. The summed E-state index contributed by atoms with van der Waals surface area (Å²) in [5, 5.41) is 13.7. The summed E-state index contributed by atoms with van der Waals surface area (Å²) in [5.74, 6) is -2.53. The van der Waals surface area contributed by atoms with Gasteiger partial charge in [0.15, 0.2) is 0 Å². The lowest BCUT2D eigenvalue weighted by Gasteiger charge is -2.23. The number of nitrogens with one attached hydrogen (secondary N) is 2. The smallest absolute Gasteiger partial charge is 0.408 e. The predicted molar refractivity (Wildman–Crippen MR) is 104 cm³/mol. The van der Waals surface area contributed by atoms with Crippen LogP contribution < -0.4 is 10.6 Å². The summed E-state index contributed by atoms with van der Waals surface area (Å²) in [6.07, 6.45) is -1.26. The first-order chi connectivity index (χ1) is 13.5. The van der Waals surface area contributed by atoms with Crippen molar-refractivity contribution in [2.75, 3.05) is 0 Å². The van der Waals surface area contributed by atoms with Crippen LogP contribution in [0, 0.1) is 0 Å². The maximum atomic E-state index is 12.4. The van der Waals surface area contributed by atoms with Crippen LogP contribution in [0.3, 0.4) is 0 Å². The van der Waals surface area contributed by atoms with Gasteiger partial charge in [0, 0.05) is 6.42 Å². The summed E-state index contributed by atoms with van der Waals surface area (Å²) in [6.45, 7) is 6.46. The summed E-state index contributed by atoms with van der Waals surface area (Å²) in [6, 6.07) is 6.77. The normalized spacial score (nSPS) is 13.0. The molecule has 29 heavy (non-hydrogen) atoms. The quantitative estimate of drug-likeness (QED) is 0.533. The van der Waals surface area contributed by atoms with Crippen molar-refractivity contribution in [3.05, 3.63) is 35.9 Å². The van der Waals surface area contributed by atoms with Crippen LogP contribution in [0.15, 0.2) is 30.3 Å². The molecule has 9 nitrogen and oxygen atoms in total. The second kappa shape index (κ2) is 11.0. The Morgan fingerprint density at radius 3 is 2.24 bits per heavy atom. The van der Waals surface area contributed by atoms with E-state index < -0.39 is 41.6 Å². The Morgan fingerprint density at radius 1 is 1.07 bits per heavy atom. The molecule has 0 aromatic heterocycles. The number of hydrogen-bond acceptors (Lipinski definition) is 6. The highest BCUT2D eigenvalue weighted by Gasteiger charge is 2.27. The number of alkyl carbamates (subject to hydrolysis) is 1. The van der Waals surface area contributed by atoms with Gasteiger partial charge in [-0.2, -0.15) is 0 Å². The van der Waals surface area contributed by atoms with E-state index in [1.54, 1.807) is 45.0 Å². The summed E-state index contributed by atoms with van der Waals surface area (Å²) < 4.78 is 10.3. The molecule has 2 amide bonds. The minimum absolute atomic E-state index is 0.00910. The van der Waals surface area contributed by atoms with E-state index in [2.05, 4.69) is 10.6 Å². The molecule has 0 spiro atoms. The number of carboxylic acids is 1. The molecule has 2 unspecified atom stereocenters. The zero-order valence-electron chi connectivity index (χ0n) is 17.1. The first-order valence-corrected chi connectivity index (χ1v) is 9.20. The summed E-state index contributed by atoms with van der Waals surface area (Å²) in [7, 11) is 0. The minimum Gasteiger partial charge on any atom is -0.481 e. The number of esters is 1. The van der Waals surface area contributed by atoms with Crippen molar-refractivity contribution < 1.29 is 33.8 Å². The first-order valence-electron chi connectivity index (χ1n) is 9.20. The second-order valence-electron chi connectivity index (χ2n) is 7.45. The van der Waals surface area contributed by atoms with Gasteiger partial charge in [-0.1, -0.05) is 30.3 Å². The van der Waals surface area contributed by atoms with Crippen molar-refractivity contribution in [1.82, 2.24) is 10.6 Å². The monoisotopic (exact) mass is 408 g/mol. The van der Waals surface area contributed by atoms with E-state index in [1.165, 1.54) is 6.92 Å². The molecule has 1 aromatic rings. The Kier molecular flexibility index (Phi) is 9.11. The predicted octanol–water partition coefficient (Wildman–Crippen LogP) is 1.99. The van der Waals surface area contributed by atoms with Crippen LogP contribution in [-0.2, 0) is 30.5 Å². The van der Waals surface area contributed by atoms with Gasteiger partial charge in [0.25, 0.3) is 0 Å². The number of ether oxygens (including phenoxy) is 2. The fourth-order valence-corrected chi connectivity index (χ4v) is 2.19. The van der Waals surface area contributed by atoms with Gasteiger partial charge in [-0.3, -0.25) is 9.59 Å². The van der Waals surface area contributed by atoms with Crippen LogP contribution in [0.5, 0.6) is 0 Å². The Bertz CT molecular complexity index is 713. The third kappa shape index (κ3) is 10.1. The molecular weight excluding hydrogens is 380 g/mol. The van der Waals surface area contributed by atoms with E-state index in [9.17, 15) is 19.2 Å². The molecule has 0 heterocycles. The van der Waals surface area contributed by atoms with E-state index in [-0.39, 0.29) is 19.4 Å². The molecule has 3 N–H and O–H groups in total. The van der Waals surface area contributed by atoms with Gasteiger partial charge < -0.3 is 25.2 Å². The van der Waals surface area contributed by atoms with Crippen LogP contribution in [0.2, 0.25) is 0 Å². The molecule has 0 aliphatic rings. The van der Waals surface area contributed by atoms with Crippen molar-refractivity contribution in [2.45, 2.75) is 64.8 Å². The summed E-state index contributed by atoms with van der Waals surface area (Å²) in [4.78, 5) is 47.3. The number of carbonyl (C=O) groups is 4. The Hall–Kier alpha value is -3.10. The molecule has 0 saturated heterocycles. The molecule has 0 fully saturated rings. The highest BCUT2D eigenvalue weighted by atomic mass is 16.6. The fourth-order valence-electron chi connectivity index (χ4n) is 2.19. The van der Waals surface area contributed by atoms with E-state index in [1.807, 2.05) is 6.07 Å². The van der Waals surface area contributed by atoms with Crippen LogP contribution in [0.25, 0.3) is 0 Å². The van der Waals surface area contributed by atoms with Gasteiger partial charge >= 0.3 is 18.0 Å². The molecule has 0 aliphatic heterocycles. The van der Waals surface area contributed by atoms with Crippen molar-refractivity contribution in [1.29, 1.82) is 0 Å². The fraction of sp³-hybridized carbons (Fsp3) is 0.500. The van der Waals surface area contributed by atoms with Gasteiger partial charge in [-0.25, -0.2) is 9.59 Å². The van der Waals surface area contributed by atoms with Crippen molar-refractivity contribution in [2.24, 2.45) is 0 Å². The number of hydrogen-bond donors (Lipinski definition) is 3. The maximum absolute atomic E-state index is 12.4. The molecule has 1 aromatic carbocycles. The molecule has 2 atom stereocenters. The average molecular weight is 408 g/mol. The van der Waals surface area contributed by atoms with E-state index in [4.69, 9.17) is 14.6 Å². The van der Waals surface area contributed by atoms with Crippen molar-refractivity contribution in [3.63, 3.8) is 0 Å². The number of carboxylic acid groups (broad SMARTS) is 1. The topological polar surface area (TPSA) is 131 Å². The van der Waals surface area contributed by atoms with Gasteiger partial charge in [-0.15, -0.1) is 0 Å². The Morgan fingerprint density at radius 2 is 1.69 bits per heavy atom. The molecule has 160 valence electrons. The lowest BCUT2D eigenvalue weighted by molar-refractivity contribution is -0.150. The van der Waals surface area contributed by atoms with E-state index >= 15 is 0 Å². The molecule has 0 saturated carbocycles. The van der Waals surface area contributed by atoms with Crippen LogP contribution in [0.1, 0.15) is 46.1 Å². The SMILES string of the molecule is CC(NC(=O)OC(C)(C)C)C(=O)NC(CCC(=O)O)C(=O)OCc1ccccc1.